The summed E-state index contributed by atoms with van der Waals surface area (Å²) in [6, 6.07) is 3.69. The van der Waals surface area contributed by atoms with E-state index in [2.05, 4.69) is 10.1 Å². The second kappa shape index (κ2) is 4.14. The summed E-state index contributed by atoms with van der Waals surface area (Å²) in [4.78, 5) is 15.6. The molecule has 0 atom stereocenters. The highest BCUT2D eigenvalue weighted by molar-refractivity contribution is 5.78. The fraction of sp³-hybridized carbons (Fsp3) is 0.182. The predicted molar refractivity (Wildman–Crippen MR) is 61.6 cm³/mol. The summed E-state index contributed by atoms with van der Waals surface area (Å²) >= 11 is 0. The molecule has 0 spiro atoms. The standard InChI is InChI=1S/C11H12N4O/c1-9-8-15(11(16)14(9)2)13-7-10-4-3-5-12-6-10/h3-8H,1-2H3/b13-7+. The number of aryl methyl sites for hydroxylation is 1. The lowest BCUT2D eigenvalue weighted by atomic mass is 10.3. The molecular formula is C11H12N4O. The van der Waals surface area contributed by atoms with Gasteiger partial charge in [0, 0.05) is 30.7 Å². The molecule has 2 rings (SSSR count). The van der Waals surface area contributed by atoms with Crippen LogP contribution >= 0.6 is 0 Å². The molecule has 0 saturated heterocycles. The maximum absolute atomic E-state index is 11.6. The number of hydrogen-bond donors (Lipinski definition) is 0. The average molecular weight is 216 g/mol. The van der Waals surface area contributed by atoms with Crippen molar-refractivity contribution in [2.24, 2.45) is 12.1 Å². The molecule has 0 aliphatic heterocycles. The van der Waals surface area contributed by atoms with E-state index >= 15 is 0 Å². The topological polar surface area (TPSA) is 52.2 Å². The van der Waals surface area contributed by atoms with Crippen LogP contribution in [0.3, 0.4) is 0 Å². The number of imidazole rings is 1. The van der Waals surface area contributed by atoms with Gasteiger partial charge >= 0.3 is 5.69 Å². The van der Waals surface area contributed by atoms with Crippen LogP contribution in [0.15, 0.2) is 40.6 Å². The zero-order valence-electron chi connectivity index (χ0n) is 9.16. The Bertz CT molecular complexity index is 565. The molecule has 0 aliphatic rings. The highest BCUT2D eigenvalue weighted by atomic mass is 16.2. The first kappa shape index (κ1) is 10.4. The van der Waals surface area contributed by atoms with Crippen molar-refractivity contribution in [3.63, 3.8) is 0 Å². The van der Waals surface area contributed by atoms with Gasteiger partial charge in [-0.2, -0.15) is 9.78 Å². The zero-order valence-corrected chi connectivity index (χ0v) is 9.16. The number of nitrogens with zero attached hydrogens (tertiary/aromatic N) is 4. The molecule has 82 valence electrons. The van der Waals surface area contributed by atoms with Crippen LogP contribution < -0.4 is 5.69 Å². The van der Waals surface area contributed by atoms with Gasteiger partial charge in [0.05, 0.1) is 12.4 Å². The molecular weight excluding hydrogens is 204 g/mol. The van der Waals surface area contributed by atoms with Crippen LogP contribution in [0.25, 0.3) is 0 Å². The van der Waals surface area contributed by atoms with Crippen LogP contribution in [0.4, 0.5) is 0 Å². The summed E-state index contributed by atoms with van der Waals surface area (Å²) < 4.78 is 2.85. The minimum absolute atomic E-state index is 0.155. The van der Waals surface area contributed by atoms with Crippen LogP contribution in [0.2, 0.25) is 0 Å². The Morgan fingerprint density at radius 3 is 2.88 bits per heavy atom. The number of hydrogen-bond acceptors (Lipinski definition) is 3. The van der Waals surface area contributed by atoms with Crippen LogP contribution in [0.5, 0.6) is 0 Å². The van der Waals surface area contributed by atoms with Gasteiger partial charge in [-0.3, -0.25) is 9.55 Å². The van der Waals surface area contributed by atoms with Gasteiger partial charge < -0.3 is 0 Å². The van der Waals surface area contributed by atoms with E-state index in [1.54, 1.807) is 36.4 Å². The Morgan fingerprint density at radius 1 is 1.50 bits per heavy atom. The molecule has 0 bridgehead atoms. The van der Waals surface area contributed by atoms with Gasteiger partial charge in [-0.25, -0.2) is 4.79 Å². The summed E-state index contributed by atoms with van der Waals surface area (Å²) in [6.07, 6.45) is 6.67. The van der Waals surface area contributed by atoms with E-state index in [9.17, 15) is 4.79 Å². The Labute approximate surface area is 92.7 Å². The second-order valence-electron chi connectivity index (χ2n) is 3.49. The van der Waals surface area contributed by atoms with Gasteiger partial charge in [-0.1, -0.05) is 6.07 Å². The molecule has 5 nitrogen and oxygen atoms in total. The van der Waals surface area contributed by atoms with Gasteiger partial charge in [0.2, 0.25) is 0 Å². The minimum Gasteiger partial charge on any atom is -0.298 e. The Balaban J connectivity index is 2.31. The molecule has 2 aromatic heterocycles. The van der Waals surface area contributed by atoms with E-state index in [-0.39, 0.29) is 5.69 Å². The van der Waals surface area contributed by atoms with Crippen molar-refractivity contribution < 1.29 is 0 Å². The number of rotatable bonds is 2. The SMILES string of the molecule is Cc1cn(/N=C/c2cccnc2)c(=O)n1C. The van der Waals surface area contributed by atoms with Crippen molar-refractivity contribution in [1.29, 1.82) is 0 Å². The summed E-state index contributed by atoms with van der Waals surface area (Å²) in [7, 11) is 1.72. The highest BCUT2D eigenvalue weighted by Gasteiger charge is 2.01. The second-order valence-corrected chi connectivity index (χ2v) is 3.49. The normalized spacial score (nSPS) is 11.1. The van der Waals surface area contributed by atoms with Crippen LogP contribution in [-0.2, 0) is 7.05 Å². The lowest BCUT2D eigenvalue weighted by Crippen LogP contribution is -2.19. The summed E-state index contributed by atoms with van der Waals surface area (Å²) in [5.74, 6) is 0. The maximum Gasteiger partial charge on any atom is 0.348 e. The Kier molecular flexibility index (Phi) is 2.68. The zero-order chi connectivity index (χ0) is 11.5. The quantitative estimate of drug-likeness (QED) is 0.696. The van der Waals surface area contributed by atoms with Crippen LogP contribution in [-0.4, -0.2) is 20.4 Å². The summed E-state index contributed by atoms with van der Waals surface area (Å²) in [6.45, 7) is 1.86. The highest BCUT2D eigenvalue weighted by Crippen LogP contribution is 1.94. The van der Waals surface area contributed by atoms with Crippen molar-refractivity contribution in [3.8, 4) is 0 Å². The van der Waals surface area contributed by atoms with E-state index < -0.39 is 0 Å². The summed E-state index contributed by atoms with van der Waals surface area (Å²) in [5, 5.41) is 4.08. The van der Waals surface area contributed by atoms with Crippen LogP contribution in [0, 0.1) is 6.92 Å². The Morgan fingerprint density at radius 2 is 2.31 bits per heavy atom. The monoisotopic (exact) mass is 216 g/mol. The molecule has 2 aromatic rings. The first-order valence-corrected chi connectivity index (χ1v) is 4.88. The lowest BCUT2D eigenvalue weighted by Gasteiger charge is -1.91. The number of aromatic nitrogens is 3. The molecule has 0 fully saturated rings. The molecule has 0 aromatic carbocycles. The number of pyridine rings is 1. The van der Waals surface area contributed by atoms with Crippen molar-refractivity contribution in [2.45, 2.75) is 6.92 Å². The van der Waals surface area contributed by atoms with Gasteiger partial charge in [0.25, 0.3) is 0 Å². The average Bonchev–Trinajstić information content (AvgIpc) is 2.56. The first-order valence-electron chi connectivity index (χ1n) is 4.88. The maximum atomic E-state index is 11.6. The van der Waals surface area contributed by atoms with E-state index in [0.717, 1.165) is 11.3 Å². The third-order valence-corrected chi connectivity index (χ3v) is 2.34. The third kappa shape index (κ3) is 1.93. The van der Waals surface area contributed by atoms with E-state index in [0.29, 0.717) is 0 Å². The largest absolute Gasteiger partial charge is 0.348 e. The summed E-state index contributed by atoms with van der Waals surface area (Å²) in [5.41, 5.74) is 1.57. The molecule has 16 heavy (non-hydrogen) atoms. The molecule has 0 N–H and O–H groups in total. The van der Waals surface area contributed by atoms with Crippen molar-refractivity contribution in [2.75, 3.05) is 0 Å². The molecule has 0 amide bonds. The van der Waals surface area contributed by atoms with Crippen molar-refractivity contribution in [1.82, 2.24) is 14.2 Å². The lowest BCUT2D eigenvalue weighted by molar-refractivity contribution is 0.754. The molecule has 0 unspecified atom stereocenters. The smallest absolute Gasteiger partial charge is 0.298 e. The van der Waals surface area contributed by atoms with Crippen molar-refractivity contribution in [3.05, 3.63) is 52.5 Å². The van der Waals surface area contributed by atoms with E-state index in [1.807, 2.05) is 19.1 Å². The molecule has 0 radical (unpaired) electrons. The fourth-order valence-electron chi connectivity index (χ4n) is 1.29. The predicted octanol–water partition coefficient (Wildman–Crippen LogP) is 0.772. The van der Waals surface area contributed by atoms with Gasteiger partial charge in [0.15, 0.2) is 0 Å². The van der Waals surface area contributed by atoms with E-state index in [4.69, 9.17) is 0 Å². The van der Waals surface area contributed by atoms with Gasteiger partial charge in [0.1, 0.15) is 0 Å². The van der Waals surface area contributed by atoms with Crippen LogP contribution in [0.1, 0.15) is 11.3 Å². The molecule has 5 heteroatoms. The van der Waals surface area contributed by atoms with Gasteiger partial charge in [-0.05, 0) is 13.0 Å². The van der Waals surface area contributed by atoms with E-state index in [1.165, 1.54) is 4.68 Å². The third-order valence-electron chi connectivity index (χ3n) is 2.34. The molecule has 0 saturated carbocycles. The fourth-order valence-corrected chi connectivity index (χ4v) is 1.29. The Hall–Kier alpha value is -2.17. The van der Waals surface area contributed by atoms with Crippen molar-refractivity contribution >= 4 is 6.21 Å². The first-order chi connectivity index (χ1) is 7.68. The molecule has 2 heterocycles. The van der Waals surface area contributed by atoms with Gasteiger partial charge in [-0.15, -0.1) is 0 Å². The molecule has 0 aliphatic carbocycles. The minimum atomic E-state index is -0.155.